The summed E-state index contributed by atoms with van der Waals surface area (Å²) >= 11 is 0. The molecule has 152 valence electrons. The van der Waals surface area contributed by atoms with Crippen molar-refractivity contribution in [3.8, 4) is 17.6 Å². The molecule has 2 rings (SSSR count). The molecule has 0 saturated carbocycles. The second kappa shape index (κ2) is 10.8. The summed E-state index contributed by atoms with van der Waals surface area (Å²) in [6.45, 7) is 8.78. The van der Waals surface area contributed by atoms with Gasteiger partial charge in [0, 0.05) is 23.6 Å². The van der Waals surface area contributed by atoms with Crippen molar-refractivity contribution in [1.29, 1.82) is 5.26 Å². The van der Waals surface area contributed by atoms with E-state index in [1.807, 2.05) is 52.0 Å². The fourth-order valence-corrected chi connectivity index (χ4v) is 2.83. The van der Waals surface area contributed by atoms with Crippen LogP contribution >= 0.6 is 0 Å². The van der Waals surface area contributed by atoms with E-state index in [1.54, 1.807) is 18.2 Å². The van der Waals surface area contributed by atoms with E-state index in [-0.39, 0.29) is 5.57 Å². The zero-order chi connectivity index (χ0) is 21.2. The smallest absolute Gasteiger partial charge is 0.267 e. The van der Waals surface area contributed by atoms with Crippen LogP contribution in [0.15, 0.2) is 48.2 Å². The van der Waals surface area contributed by atoms with E-state index in [4.69, 9.17) is 9.47 Å². The molecule has 6 heteroatoms. The van der Waals surface area contributed by atoms with Gasteiger partial charge in [-0.25, -0.2) is 0 Å². The lowest BCUT2D eigenvalue weighted by atomic mass is 10.1. The lowest BCUT2D eigenvalue weighted by Crippen LogP contribution is -2.16. The number of benzene rings is 2. The molecule has 0 aliphatic carbocycles. The molecule has 6 nitrogen and oxygen atoms in total. The Balaban J connectivity index is 2.19. The minimum atomic E-state index is -0.458. The average Bonchev–Trinajstić information content (AvgIpc) is 2.72. The highest BCUT2D eigenvalue weighted by molar-refractivity contribution is 6.07. The molecular weight excluding hydrogens is 366 g/mol. The van der Waals surface area contributed by atoms with Gasteiger partial charge < -0.3 is 20.1 Å². The molecule has 1 amide bonds. The summed E-state index contributed by atoms with van der Waals surface area (Å²) in [6, 6.07) is 13.2. The van der Waals surface area contributed by atoms with Gasteiger partial charge >= 0.3 is 0 Å². The fourth-order valence-electron chi connectivity index (χ4n) is 2.83. The minimum absolute atomic E-state index is 0.0258. The number of hydrogen-bond acceptors (Lipinski definition) is 5. The lowest BCUT2D eigenvalue weighted by Gasteiger charge is -2.13. The van der Waals surface area contributed by atoms with Crippen LogP contribution < -0.4 is 20.1 Å². The molecule has 29 heavy (non-hydrogen) atoms. The Labute approximate surface area is 172 Å². The molecule has 0 atom stereocenters. The van der Waals surface area contributed by atoms with Crippen molar-refractivity contribution in [3.63, 3.8) is 0 Å². The predicted molar refractivity (Wildman–Crippen MR) is 115 cm³/mol. The minimum Gasteiger partial charge on any atom is -0.490 e. The summed E-state index contributed by atoms with van der Waals surface area (Å²) in [5.74, 6) is 0.789. The molecule has 0 spiro atoms. The van der Waals surface area contributed by atoms with E-state index in [2.05, 4.69) is 10.6 Å². The van der Waals surface area contributed by atoms with Crippen LogP contribution in [0.1, 0.15) is 31.9 Å². The van der Waals surface area contributed by atoms with Crippen molar-refractivity contribution in [2.45, 2.75) is 34.1 Å². The van der Waals surface area contributed by atoms with Crippen LogP contribution in [-0.2, 0) is 11.2 Å². The fraction of sp³-hybridized carbons (Fsp3) is 0.304. The van der Waals surface area contributed by atoms with Gasteiger partial charge in [0.05, 0.1) is 13.2 Å². The van der Waals surface area contributed by atoms with Gasteiger partial charge in [0.2, 0.25) is 0 Å². The maximum absolute atomic E-state index is 12.6. The van der Waals surface area contributed by atoms with Crippen LogP contribution in [0, 0.1) is 18.3 Å². The Bertz CT molecular complexity index is 929. The highest BCUT2D eigenvalue weighted by Gasteiger charge is 2.13. The van der Waals surface area contributed by atoms with Crippen LogP contribution in [0.2, 0.25) is 0 Å². The number of nitrogens with one attached hydrogen (secondary N) is 2. The van der Waals surface area contributed by atoms with Gasteiger partial charge in [-0.1, -0.05) is 25.1 Å². The molecule has 0 radical (unpaired) electrons. The first-order chi connectivity index (χ1) is 14.0. The van der Waals surface area contributed by atoms with E-state index in [1.165, 1.54) is 6.20 Å². The van der Waals surface area contributed by atoms with E-state index in [9.17, 15) is 10.1 Å². The number of carbonyl (C=O) groups excluding carboxylic acids is 1. The van der Waals surface area contributed by atoms with Gasteiger partial charge in [0.15, 0.2) is 11.5 Å². The second-order valence-electron chi connectivity index (χ2n) is 6.26. The summed E-state index contributed by atoms with van der Waals surface area (Å²) < 4.78 is 11.1. The van der Waals surface area contributed by atoms with Crippen molar-refractivity contribution in [2.75, 3.05) is 23.8 Å². The third-order valence-electron chi connectivity index (χ3n) is 4.27. The molecule has 0 aliphatic heterocycles. The molecule has 0 unspecified atom stereocenters. The second-order valence-corrected chi connectivity index (χ2v) is 6.26. The molecule has 2 aromatic carbocycles. The van der Waals surface area contributed by atoms with Crippen LogP contribution in [0.5, 0.6) is 11.5 Å². The molecule has 0 saturated heterocycles. The Morgan fingerprint density at radius 3 is 2.48 bits per heavy atom. The van der Waals surface area contributed by atoms with Gasteiger partial charge in [-0.3, -0.25) is 4.79 Å². The predicted octanol–water partition coefficient (Wildman–Crippen LogP) is 4.81. The van der Waals surface area contributed by atoms with Crippen molar-refractivity contribution < 1.29 is 14.3 Å². The number of para-hydroxylation sites is 1. The Kier molecular flexibility index (Phi) is 8.11. The van der Waals surface area contributed by atoms with Gasteiger partial charge in [-0.05, 0) is 50.5 Å². The number of ether oxygens (including phenoxy) is 2. The van der Waals surface area contributed by atoms with Crippen molar-refractivity contribution >= 4 is 17.3 Å². The number of nitrogens with zero attached hydrogens (tertiary/aromatic N) is 1. The number of anilines is 2. The topological polar surface area (TPSA) is 83.4 Å². The van der Waals surface area contributed by atoms with Crippen molar-refractivity contribution in [3.05, 3.63) is 59.3 Å². The van der Waals surface area contributed by atoms with Crippen LogP contribution in [0.4, 0.5) is 11.4 Å². The normalized spacial score (nSPS) is 10.8. The summed E-state index contributed by atoms with van der Waals surface area (Å²) in [4.78, 5) is 12.6. The SMILES string of the molecule is CCOc1ccc(N/C=C(/C#N)C(=O)Nc2c(C)cccc2CC)cc1OCC. The number of carbonyl (C=O) groups is 1. The zero-order valence-electron chi connectivity index (χ0n) is 17.3. The van der Waals surface area contributed by atoms with Crippen LogP contribution in [0.3, 0.4) is 0 Å². The summed E-state index contributed by atoms with van der Waals surface area (Å²) in [6.07, 6.45) is 2.18. The first-order valence-corrected chi connectivity index (χ1v) is 9.70. The standard InChI is InChI=1S/C23H27N3O3/c1-5-17-10-8-9-16(4)22(17)26-23(27)18(14-24)15-25-19-11-12-20(28-6-2)21(13-19)29-7-3/h8-13,15,25H,5-7H2,1-4H3,(H,26,27)/b18-15-. The van der Waals surface area contributed by atoms with Gasteiger partial charge in [-0.15, -0.1) is 0 Å². The van der Waals surface area contributed by atoms with Gasteiger partial charge in [-0.2, -0.15) is 5.26 Å². The third kappa shape index (κ3) is 5.76. The third-order valence-corrected chi connectivity index (χ3v) is 4.27. The number of nitriles is 1. The first kappa shape index (κ1) is 21.8. The maximum atomic E-state index is 12.6. The van der Waals surface area contributed by atoms with E-state index < -0.39 is 5.91 Å². The van der Waals surface area contributed by atoms with Crippen molar-refractivity contribution in [1.82, 2.24) is 0 Å². The van der Waals surface area contributed by atoms with Gasteiger partial charge in [0.1, 0.15) is 11.6 Å². The van der Waals surface area contributed by atoms with E-state index in [0.717, 1.165) is 23.2 Å². The van der Waals surface area contributed by atoms with Gasteiger partial charge in [0.25, 0.3) is 5.91 Å². The maximum Gasteiger partial charge on any atom is 0.267 e. The molecular formula is C23H27N3O3. The summed E-state index contributed by atoms with van der Waals surface area (Å²) in [5, 5.41) is 15.3. The molecule has 0 aliphatic rings. The Morgan fingerprint density at radius 2 is 1.83 bits per heavy atom. The van der Waals surface area contributed by atoms with E-state index in [0.29, 0.717) is 30.4 Å². The highest BCUT2D eigenvalue weighted by Crippen LogP contribution is 2.30. The molecule has 0 fully saturated rings. The lowest BCUT2D eigenvalue weighted by molar-refractivity contribution is -0.112. The molecule has 0 heterocycles. The average molecular weight is 393 g/mol. The quantitative estimate of drug-likeness (QED) is 0.472. The number of aryl methyl sites for hydroxylation is 2. The molecule has 0 aromatic heterocycles. The monoisotopic (exact) mass is 393 g/mol. The zero-order valence-corrected chi connectivity index (χ0v) is 17.3. The summed E-state index contributed by atoms with van der Waals surface area (Å²) in [7, 11) is 0. The largest absolute Gasteiger partial charge is 0.490 e. The number of rotatable bonds is 9. The number of hydrogen-bond donors (Lipinski definition) is 2. The molecule has 2 aromatic rings. The molecule has 2 N–H and O–H groups in total. The highest BCUT2D eigenvalue weighted by atomic mass is 16.5. The Morgan fingerprint density at radius 1 is 1.10 bits per heavy atom. The number of amides is 1. The Hall–Kier alpha value is -3.46. The first-order valence-electron chi connectivity index (χ1n) is 9.70. The van der Waals surface area contributed by atoms with Crippen LogP contribution in [-0.4, -0.2) is 19.1 Å². The summed E-state index contributed by atoms with van der Waals surface area (Å²) in [5.41, 5.74) is 3.39. The van der Waals surface area contributed by atoms with Crippen LogP contribution in [0.25, 0.3) is 0 Å². The molecule has 0 bridgehead atoms. The van der Waals surface area contributed by atoms with Crippen molar-refractivity contribution in [2.24, 2.45) is 0 Å². The van der Waals surface area contributed by atoms with E-state index >= 15 is 0 Å².